The highest BCUT2D eigenvalue weighted by Crippen LogP contribution is 2.37. The van der Waals surface area contributed by atoms with Crippen molar-refractivity contribution in [2.75, 3.05) is 4.31 Å². The quantitative estimate of drug-likeness (QED) is 0.864. The van der Waals surface area contributed by atoms with E-state index in [-0.39, 0.29) is 22.9 Å². The van der Waals surface area contributed by atoms with Crippen LogP contribution in [-0.4, -0.2) is 26.4 Å². The molecule has 0 aliphatic carbocycles. The van der Waals surface area contributed by atoms with E-state index >= 15 is 0 Å². The number of anilines is 1. The van der Waals surface area contributed by atoms with Crippen LogP contribution in [0, 0.1) is 0 Å². The van der Waals surface area contributed by atoms with Gasteiger partial charge in [-0.3, -0.25) is 9.10 Å². The summed E-state index contributed by atoms with van der Waals surface area (Å²) in [4.78, 5) is 12.4. The van der Waals surface area contributed by atoms with Gasteiger partial charge in [-0.1, -0.05) is 11.6 Å². The molecule has 1 amide bonds. The number of hydrogen-bond acceptors (Lipinski definition) is 3. The van der Waals surface area contributed by atoms with Crippen molar-refractivity contribution in [2.24, 2.45) is 0 Å². The number of amides is 1. The molecule has 5 nitrogen and oxygen atoms in total. The number of carbonyl (C=O) groups excluding carboxylic acids is 1. The lowest BCUT2D eigenvalue weighted by molar-refractivity contribution is 0.0943. The summed E-state index contributed by atoms with van der Waals surface area (Å²) in [5.74, 6) is -0.158. The first-order valence-corrected chi connectivity index (χ1v) is 10.3. The van der Waals surface area contributed by atoms with Crippen LogP contribution >= 0.6 is 11.6 Å². The Balaban J connectivity index is 1.98. The van der Waals surface area contributed by atoms with Crippen molar-refractivity contribution in [3.8, 4) is 0 Å². The molecule has 26 heavy (non-hydrogen) atoms. The zero-order valence-electron chi connectivity index (χ0n) is 14.9. The van der Waals surface area contributed by atoms with Crippen LogP contribution in [0.5, 0.6) is 0 Å². The highest BCUT2D eigenvalue weighted by Gasteiger charge is 2.36. The first-order valence-electron chi connectivity index (χ1n) is 8.44. The minimum Gasteiger partial charge on any atom is -0.350 e. The van der Waals surface area contributed by atoms with Crippen LogP contribution in [0.3, 0.4) is 0 Å². The molecule has 1 aliphatic rings. The largest absolute Gasteiger partial charge is 0.350 e. The number of carbonyl (C=O) groups is 1. The Morgan fingerprint density at radius 2 is 1.85 bits per heavy atom. The number of hydrogen-bond donors (Lipinski definition) is 1. The molecule has 0 unspecified atom stereocenters. The van der Waals surface area contributed by atoms with Crippen LogP contribution in [0.15, 0.2) is 47.4 Å². The molecule has 0 spiro atoms. The summed E-state index contributed by atoms with van der Waals surface area (Å²) in [6.45, 7) is 5.66. The van der Waals surface area contributed by atoms with Gasteiger partial charge in [0, 0.05) is 22.7 Å². The van der Waals surface area contributed by atoms with Gasteiger partial charge in [-0.25, -0.2) is 8.42 Å². The maximum atomic E-state index is 13.1. The fourth-order valence-corrected chi connectivity index (χ4v) is 4.99. The second kappa shape index (κ2) is 6.93. The number of nitrogens with zero attached hydrogens (tertiary/aromatic N) is 1. The Bertz CT molecular complexity index is 940. The summed E-state index contributed by atoms with van der Waals surface area (Å²) in [6, 6.07) is 11.1. The first-order chi connectivity index (χ1) is 12.2. The van der Waals surface area contributed by atoms with E-state index in [1.165, 1.54) is 16.4 Å². The van der Waals surface area contributed by atoms with Gasteiger partial charge in [0.15, 0.2) is 0 Å². The maximum absolute atomic E-state index is 13.1. The van der Waals surface area contributed by atoms with Crippen molar-refractivity contribution in [1.82, 2.24) is 5.32 Å². The Kier molecular flexibility index (Phi) is 4.99. The molecule has 0 radical (unpaired) electrons. The van der Waals surface area contributed by atoms with Gasteiger partial charge in [-0.2, -0.15) is 0 Å². The van der Waals surface area contributed by atoms with Gasteiger partial charge < -0.3 is 5.32 Å². The first kappa shape index (κ1) is 18.7. The summed E-state index contributed by atoms with van der Waals surface area (Å²) in [7, 11) is -3.70. The van der Waals surface area contributed by atoms with E-state index < -0.39 is 10.0 Å². The third-order valence-corrected chi connectivity index (χ3v) is 6.48. The zero-order valence-corrected chi connectivity index (χ0v) is 16.4. The molecule has 7 heteroatoms. The monoisotopic (exact) mass is 392 g/mol. The third-order valence-electron chi connectivity index (χ3n) is 4.28. The predicted octanol–water partition coefficient (Wildman–Crippen LogP) is 3.62. The fraction of sp³-hybridized carbons (Fsp3) is 0.316. The molecule has 0 saturated carbocycles. The van der Waals surface area contributed by atoms with Gasteiger partial charge in [-0.15, -0.1) is 0 Å². The van der Waals surface area contributed by atoms with E-state index in [1.54, 1.807) is 30.3 Å². The van der Waals surface area contributed by atoms with Crippen molar-refractivity contribution >= 4 is 33.2 Å². The van der Waals surface area contributed by atoms with E-state index in [0.29, 0.717) is 22.7 Å². The summed E-state index contributed by atoms with van der Waals surface area (Å²) >= 11 is 5.87. The highest BCUT2D eigenvalue weighted by molar-refractivity contribution is 7.92. The fourth-order valence-electron chi connectivity index (χ4n) is 3.18. The molecule has 0 bridgehead atoms. The Morgan fingerprint density at radius 3 is 2.46 bits per heavy atom. The van der Waals surface area contributed by atoms with E-state index in [2.05, 4.69) is 5.32 Å². The van der Waals surface area contributed by atoms with Crippen molar-refractivity contribution < 1.29 is 13.2 Å². The third kappa shape index (κ3) is 3.44. The molecule has 138 valence electrons. The van der Waals surface area contributed by atoms with Crippen molar-refractivity contribution in [2.45, 2.75) is 44.2 Å². The summed E-state index contributed by atoms with van der Waals surface area (Å²) in [5, 5.41) is 3.34. The molecule has 0 saturated heterocycles. The normalized spacial score (nSPS) is 16.7. The second-order valence-corrected chi connectivity index (χ2v) is 9.03. The van der Waals surface area contributed by atoms with E-state index in [9.17, 15) is 13.2 Å². The summed E-state index contributed by atoms with van der Waals surface area (Å²) in [5.41, 5.74) is 2.01. The number of halogens is 1. The van der Waals surface area contributed by atoms with Crippen molar-refractivity contribution in [1.29, 1.82) is 0 Å². The average Bonchev–Trinajstić information content (AvgIpc) is 2.90. The number of rotatable bonds is 4. The zero-order chi connectivity index (χ0) is 19.1. The Hall–Kier alpha value is -2.05. The smallest absolute Gasteiger partial charge is 0.264 e. The number of sulfonamides is 1. The number of fused-ring (bicyclic) bond motifs is 1. The molecule has 0 fully saturated rings. The molecular weight excluding hydrogens is 372 g/mol. The molecule has 1 atom stereocenters. The van der Waals surface area contributed by atoms with Crippen LogP contribution in [0.25, 0.3) is 0 Å². The molecule has 1 aliphatic heterocycles. The van der Waals surface area contributed by atoms with Gasteiger partial charge in [0.2, 0.25) is 0 Å². The molecule has 0 aromatic heterocycles. The lowest BCUT2D eigenvalue weighted by atomic mass is 10.1. The van der Waals surface area contributed by atoms with Gasteiger partial charge in [0.1, 0.15) is 0 Å². The molecule has 1 heterocycles. The lowest BCUT2D eigenvalue weighted by Crippen LogP contribution is -2.35. The molecule has 3 rings (SSSR count). The predicted molar refractivity (Wildman–Crippen MR) is 103 cm³/mol. The lowest BCUT2D eigenvalue weighted by Gasteiger charge is -2.24. The van der Waals surface area contributed by atoms with E-state index in [4.69, 9.17) is 11.6 Å². The van der Waals surface area contributed by atoms with E-state index in [0.717, 1.165) is 5.56 Å². The Morgan fingerprint density at radius 1 is 1.19 bits per heavy atom. The number of nitrogens with one attached hydrogen (secondary N) is 1. The van der Waals surface area contributed by atoms with Crippen LogP contribution in [0.4, 0.5) is 5.69 Å². The van der Waals surface area contributed by atoms with Gasteiger partial charge in [0.05, 0.1) is 10.6 Å². The van der Waals surface area contributed by atoms with Crippen LogP contribution < -0.4 is 9.62 Å². The van der Waals surface area contributed by atoms with E-state index in [1.807, 2.05) is 20.8 Å². The van der Waals surface area contributed by atoms with Gasteiger partial charge >= 0.3 is 0 Å². The SMILES string of the molecule is CC(C)NC(=O)c1ccc2c(c1)C[C@H](C)N2S(=O)(=O)c1ccc(Cl)cc1. The summed E-state index contributed by atoms with van der Waals surface area (Å²) in [6.07, 6.45) is 0.560. The minimum absolute atomic E-state index is 0.0384. The van der Waals surface area contributed by atoms with Gasteiger partial charge in [-0.05, 0) is 75.2 Å². The van der Waals surface area contributed by atoms with Crippen LogP contribution in [0.1, 0.15) is 36.7 Å². The molecule has 2 aromatic rings. The average molecular weight is 393 g/mol. The Labute approximate surface area is 159 Å². The highest BCUT2D eigenvalue weighted by atomic mass is 35.5. The van der Waals surface area contributed by atoms with Crippen LogP contribution in [0.2, 0.25) is 5.02 Å². The minimum atomic E-state index is -3.70. The second-order valence-electron chi connectivity index (χ2n) is 6.78. The van der Waals surface area contributed by atoms with Crippen molar-refractivity contribution in [3.05, 3.63) is 58.6 Å². The van der Waals surface area contributed by atoms with Crippen LogP contribution in [-0.2, 0) is 16.4 Å². The number of benzene rings is 2. The molecular formula is C19H21ClN2O3S. The molecule has 1 N–H and O–H groups in total. The maximum Gasteiger partial charge on any atom is 0.264 e. The summed E-state index contributed by atoms with van der Waals surface area (Å²) < 4.78 is 27.6. The molecule has 2 aromatic carbocycles. The van der Waals surface area contributed by atoms with Gasteiger partial charge in [0.25, 0.3) is 15.9 Å². The van der Waals surface area contributed by atoms with Crippen molar-refractivity contribution in [3.63, 3.8) is 0 Å². The standard InChI is InChI=1S/C19H21ClN2O3S/c1-12(2)21-19(23)14-4-9-18-15(11-14)10-13(3)22(18)26(24,25)17-7-5-16(20)6-8-17/h4-9,11-13H,10H2,1-3H3,(H,21,23)/t13-/m0/s1. The topological polar surface area (TPSA) is 66.5 Å².